The van der Waals surface area contributed by atoms with Crippen LogP contribution in [0.5, 0.6) is 11.5 Å². The normalized spacial score (nSPS) is 11.0. The van der Waals surface area contributed by atoms with E-state index in [1.807, 2.05) is 13.8 Å². The number of aryl methyl sites for hydroxylation is 1. The first-order chi connectivity index (χ1) is 14.4. The smallest absolute Gasteiger partial charge is 0.278 e. The highest BCUT2D eigenvalue weighted by Crippen LogP contribution is 2.28. The second-order valence-corrected chi connectivity index (χ2v) is 8.27. The van der Waals surface area contributed by atoms with Crippen LogP contribution in [0.3, 0.4) is 0 Å². The summed E-state index contributed by atoms with van der Waals surface area (Å²) in [6, 6.07) is 21.5. The fourth-order valence-electron chi connectivity index (χ4n) is 2.84. The Morgan fingerprint density at radius 3 is 2.00 bits per heavy atom. The van der Waals surface area contributed by atoms with Crippen LogP contribution < -0.4 is 13.8 Å². The third-order valence-electron chi connectivity index (χ3n) is 4.28. The topological polar surface area (TPSA) is 72.9 Å². The number of hydrogen-bond donors (Lipinski definition) is 0. The molecule has 0 N–H and O–H groups in total. The highest BCUT2D eigenvalue weighted by atomic mass is 32.2. The summed E-state index contributed by atoms with van der Waals surface area (Å²) in [5, 5.41) is 0. The van der Waals surface area contributed by atoms with Crippen molar-refractivity contribution in [2.45, 2.75) is 18.7 Å². The monoisotopic (exact) mass is 425 g/mol. The van der Waals surface area contributed by atoms with E-state index in [1.54, 1.807) is 66.7 Å². The second-order valence-electron chi connectivity index (χ2n) is 6.48. The average molecular weight is 426 g/mol. The molecule has 0 atom stereocenters. The first-order valence-corrected chi connectivity index (χ1v) is 10.9. The zero-order chi connectivity index (χ0) is 21.6. The SMILES string of the molecule is CCOc1ccccc1OCC(=O)N(c1ccccc1)S(=O)(=O)c1ccc(C)cc1. The highest BCUT2D eigenvalue weighted by molar-refractivity contribution is 7.93. The van der Waals surface area contributed by atoms with E-state index in [2.05, 4.69) is 0 Å². The standard InChI is InChI=1S/C23H23NO5S/c1-3-28-21-11-7-8-12-22(21)29-17-23(25)24(19-9-5-4-6-10-19)30(26,27)20-15-13-18(2)14-16-20/h4-16H,3,17H2,1-2H3. The van der Waals surface area contributed by atoms with E-state index in [-0.39, 0.29) is 10.6 Å². The Balaban J connectivity index is 1.92. The molecular weight excluding hydrogens is 402 g/mol. The molecule has 0 unspecified atom stereocenters. The van der Waals surface area contributed by atoms with Crippen LogP contribution in [0.1, 0.15) is 12.5 Å². The number of para-hydroxylation sites is 3. The minimum Gasteiger partial charge on any atom is -0.490 e. The van der Waals surface area contributed by atoms with Crippen molar-refractivity contribution < 1.29 is 22.7 Å². The van der Waals surface area contributed by atoms with Crippen LogP contribution in [0.2, 0.25) is 0 Å². The van der Waals surface area contributed by atoms with Crippen LogP contribution in [0.15, 0.2) is 83.8 Å². The molecule has 1 amide bonds. The van der Waals surface area contributed by atoms with Gasteiger partial charge in [0.2, 0.25) is 0 Å². The fraction of sp³-hybridized carbons (Fsp3) is 0.174. The summed E-state index contributed by atoms with van der Waals surface area (Å²) in [5.74, 6) is 0.141. The number of rotatable bonds is 8. The van der Waals surface area contributed by atoms with Crippen molar-refractivity contribution in [2.24, 2.45) is 0 Å². The number of ether oxygens (including phenoxy) is 2. The summed E-state index contributed by atoms with van der Waals surface area (Å²) in [6.45, 7) is 3.67. The molecule has 0 fully saturated rings. The molecule has 156 valence electrons. The molecule has 0 aliphatic carbocycles. The van der Waals surface area contributed by atoms with Crippen LogP contribution in [0, 0.1) is 6.92 Å². The molecular formula is C23H23NO5S. The lowest BCUT2D eigenvalue weighted by atomic mass is 10.2. The van der Waals surface area contributed by atoms with Crippen LogP contribution in [0.25, 0.3) is 0 Å². The molecule has 0 saturated heterocycles. The Bertz CT molecular complexity index is 1100. The molecule has 7 heteroatoms. The molecule has 0 aromatic heterocycles. The lowest BCUT2D eigenvalue weighted by Gasteiger charge is -2.23. The summed E-state index contributed by atoms with van der Waals surface area (Å²) in [6.07, 6.45) is 0. The van der Waals surface area contributed by atoms with Gasteiger partial charge in [0.05, 0.1) is 17.2 Å². The summed E-state index contributed by atoms with van der Waals surface area (Å²) >= 11 is 0. The van der Waals surface area contributed by atoms with Gasteiger partial charge in [-0.2, -0.15) is 4.31 Å². The summed E-state index contributed by atoms with van der Waals surface area (Å²) in [5.41, 5.74) is 1.16. The molecule has 0 saturated carbocycles. The lowest BCUT2D eigenvalue weighted by Crippen LogP contribution is -2.40. The maximum atomic E-state index is 13.3. The molecule has 3 aromatic carbocycles. The van der Waals surface area contributed by atoms with Crippen LogP contribution in [-0.4, -0.2) is 27.5 Å². The number of nitrogens with zero attached hydrogens (tertiary/aromatic N) is 1. The van der Waals surface area contributed by atoms with Crippen molar-refractivity contribution in [3.63, 3.8) is 0 Å². The molecule has 0 spiro atoms. The molecule has 0 heterocycles. The van der Waals surface area contributed by atoms with E-state index in [1.165, 1.54) is 12.1 Å². The maximum Gasteiger partial charge on any atom is 0.278 e. The van der Waals surface area contributed by atoms with Crippen molar-refractivity contribution in [2.75, 3.05) is 17.5 Å². The van der Waals surface area contributed by atoms with E-state index >= 15 is 0 Å². The van der Waals surface area contributed by atoms with E-state index < -0.39 is 22.5 Å². The van der Waals surface area contributed by atoms with Gasteiger partial charge in [-0.3, -0.25) is 4.79 Å². The van der Waals surface area contributed by atoms with Crippen LogP contribution in [-0.2, 0) is 14.8 Å². The minimum absolute atomic E-state index is 0.0278. The van der Waals surface area contributed by atoms with Gasteiger partial charge in [0.1, 0.15) is 0 Å². The summed E-state index contributed by atoms with van der Waals surface area (Å²) in [4.78, 5) is 13.1. The number of hydrogen-bond acceptors (Lipinski definition) is 5. The van der Waals surface area contributed by atoms with Gasteiger partial charge in [0.15, 0.2) is 18.1 Å². The lowest BCUT2D eigenvalue weighted by molar-refractivity contribution is -0.119. The second kappa shape index (κ2) is 9.45. The quantitative estimate of drug-likeness (QED) is 0.541. The van der Waals surface area contributed by atoms with Crippen molar-refractivity contribution in [1.82, 2.24) is 0 Å². The third kappa shape index (κ3) is 4.80. The van der Waals surface area contributed by atoms with Crippen LogP contribution in [0.4, 0.5) is 5.69 Å². The van der Waals surface area contributed by atoms with Crippen LogP contribution >= 0.6 is 0 Å². The van der Waals surface area contributed by atoms with Gasteiger partial charge in [-0.15, -0.1) is 0 Å². The highest BCUT2D eigenvalue weighted by Gasteiger charge is 2.31. The van der Waals surface area contributed by atoms with Crippen molar-refractivity contribution in [3.05, 3.63) is 84.4 Å². The largest absolute Gasteiger partial charge is 0.490 e. The predicted molar refractivity (Wildman–Crippen MR) is 115 cm³/mol. The zero-order valence-electron chi connectivity index (χ0n) is 16.8. The molecule has 0 aliphatic heterocycles. The summed E-state index contributed by atoms with van der Waals surface area (Å²) in [7, 11) is -4.12. The van der Waals surface area contributed by atoms with Gasteiger partial charge in [-0.05, 0) is 50.2 Å². The van der Waals surface area contributed by atoms with Gasteiger partial charge < -0.3 is 9.47 Å². The number of carbonyl (C=O) groups excluding carboxylic acids is 1. The van der Waals surface area contributed by atoms with Crippen molar-refractivity contribution in [3.8, 4) is 11.5 Å². The minimum atomic E-state index is -4.12. The Labute approximate surface area is 176 Å². The Kier molecular flexibility index (Phi) is 6.74. The molecule has 3 aromatic rings. The van der Waals surface area contributed by atoms with Crippen molar-refractivity contribution in [1.29, 1.82) is 0 Å². The molecule has 30 heavy (non-hydrogen) atoms. The Hall–Kier alpha value is -3.32. The number of carbonyl (C=O) groups is 1. The average Bonchev–Trinajstić information content (AvgIpc) is 2.74. The first kappa shape index (κ1) is 21.4. The van der Waals surface area contributed by atoms with Gasteiger partial charge in [0.25, 0.3) is 15.9 Å². The van der Waals surface area contributed by atoms with E-state index in [0.29, 0.717) is 18.1 Å². The zero-order valence-corrected chi connectivity index (χ0v) is 17.6. The molecule has 0 bridgehead atoms. The van der Waals surface area contributed by atoms with Gasteiger partial charge in [-0.1, -0.05) is 48.0 Å². The van der Waals surface area contributed by atoms with E-state index in [0.717, 1.165) is 9.87 Å². The molecule has 0 aliphatic rings. The van der Waals surface area contributed by atoms with Gasteiger partial charge in [-0.25, -0.2) is 8.42 Å². The molecule has 3 rings (SSSR count). The summed E-state index contributed by atoms with van der Waals surface area (Å²) < 4.78 is 38.5. The Morgan fingerprint density at radius 2 is 1.40 bits per heavy atom. The molecule has 0 radical (unpaired) electrons. The van der Waals surface area contributed by atoms with Gasteiger partial charge >= 0.3 is 0 Å². The Morgan fingerprint density at radius 1 is 0.833 bits per heavy atom. The predicted octanol–water partition coefficient (Wildman–Crippen LogP) is 4.19. The number of amides is 1. The maximum absolute atomic E-state index is 13.3. The fourth-order valence-corrected chi connectivity index (χ4v) is 4.25. The van der Waals surface area contributed by atoms with E-state index in [9.17, 15) is 13.2 Å². The first-order valence-electron chi connectivity index (χ1n) is 9.48. The van der Waals surface area contributed by atoms with Gasteiger partial charge in [0, 0.05) is 0 Å². The number of anilines is 1. The number of sulfonamides is 1. The van der Waals surface area contributed by atoms with Crippen molar-refractivity contribution >= 4 is 21.6 Å². The van der Waals surface area contributed by atoms with E-state index in [4.69, 9.17) is 9.47 Å². The molecule has 6 nitrogen and oxygen atoms in total. The number of benzene rings is 3. The third-order valence-corrected chi connectivity index (χ3v) is 6.04.